The van der Waals surface area contributed by atoms with Crippen molar-refractivity contribution in [2.75, 3.05) is 30.7 Å². The smallest absolute Gasteiger partial charge is 0.253 e. The lowest BCUT2D eigenvalue weighted by Gasteiger charge is -2.31. The number of piperidine rings is 1. The highest BCUT2D eigenvalue weighted by Gasteiger charge is 2.23. The van der Waals surface area contributed by atoms with E-state index in [1.807, 2.05) is 0 Å². The number of sulfonamides is 1. The molecule has 0 unspecified atom stereocenters. The topological polar surface area (TPSA) is 75.7 Å². The molecule has 1 aliphatic rings. The Morgan fingerprint density at radius 1 is 1.27 bits per heavy atom. The van der Waals surface area contributed by atoms with Gasteiger partial charge < -0.3 is 9.64 Å². The van der Waals surface area contributed by atoms with Crippen molar-refractivity contribution in [2.45, 2.75) is 25.9 Å². The second-order valence-electron chi connectivity index (χ2n) is 5.31. The third-order valence-corrected chi connectivity index (χ3v) is 5.15. The summed E-state index contributed by atoms with van der Waals surface area (Å²) in [6, 6.07) is 6.53. The van der Waals surface area contributed by atoms with Gasteiger partial charge in [-0.05, 0) is 44.0 Å². The Bertz CT molecular complexity index is 605. The molecule has 0 bridgehead atoms. The molecule has 1 heterocycles. The fourth-order valence-corrected chi connectivity index (χ4v) is 3.05. The summed E-state index contributed by atoms with van der Waals surface area (Å²) in [7, 11) is -1.60. The van der Waals surface area contributed by atoms with E-state index >= 15 is 0 Å². The molecule has 0 atom stereocenters. The van der Waals surface area contributed by atoms with Crippen LogP contribution in [0.4, 0.5) is 5.69 Å². The standard InChI is InChI=1S/C15H22N2O4S/c1-3-22(19,20)16-13-6-4-12(5-7-13)15(18)17-10-8-14(21-2)9-11-17/h4-7,14,16H,3,8-11H2,1-2H3. The maximum Gasteiger partial charge on any atom is 0.253 e. The van der Waals surface area contributed by atoms with Crippen LogP contribution in [0, 0.1) is 0 Å². The van der Waals surface area contributed by atoms with Crippen LogP contribution in [0.3, 0.4) is 0 Å². The van der Waals surface area contributed by atoms with Crippen LogP contribution in [0.15, 0.2) is 24.3 Å². The first-order valence-corrected chi connectivity index (χ1v) is 9.03. The van der Waals surface area contributed by atoms with Crippen LogP contribution in [0.5, 0.6) is 0 Å². The van der Waals surface area contributed by atoms with E-state index < -0.39 is 10.0 Å². The Balaban J connectivity index is 2.00. The number of benzene rings is 1. The summed E-state index contributed by atoms with van der Waals surface area (Å²) in [5, 5.41) is 0. The summed E-state index contributed by atoms with van der Waals surface area (Å²) in [6.07, 6.45) is 1.92. The molecule has 1 aromatic carbocycles. The first-order valence-electron chi connectivity index (χ1n) is 7.38. The van der Waals surface area contributed by atoms with Crippen molar-refractivity contribution in [3.8, 4) is 0 Å². The highest BCUT2D eigenvalue weighted by molar-refractivity contribution is 7.92. The van der Waals surface area contributed by atoms with E-state index in [0.717, 1.165) is 12.8 Å². The van der Waals surface area contributed by atoms with E-state index in [4.69, 9.17) is 4.74 Å². The van der Waals surface area contributed by atoms with Crippen LogP contribution in [-0.4, -0.2) is 51.3 Å². The van der Waals surface area contributed by atoms with E-state index in [-0.39, 0.29) is 17.8 Å². The molecule has 0 radical (unpaired) electrons. The van der Waals surface area contributed by atoms with Crippen molar-refractivity contribution in [2.24, 2.45) is 0 Å². The molecule has 0 spiro atoms. The van der Waals surface area contributed by atoms with Gasteiger partial charge in [0.1, 0.15) is 0 Å². The number of likely N-dealkylation sites (tertiary alicyclic amines) is 1. The first kappa shape index (κ1) is 16.8. The number of rotatable bonds is 5. The summed E-state index contributed by atoms with van der Waals surface area (Å²) >= 11 is 0. The summed E-state index contributed by atoms with van der Waals surface area (Å²) < 4.78 is 30.7. The van der Waals surface area contributed by atoms with Gasteiger partial charge in [0.2, 0.25) is 10.0 Å². The highest BCUT2D eigenvalue weighted by atomic mass is 32.2. The number of carbonyl (C=O) groups excluding carboxylic acids is 1. The molecule has 1 amide bonds. The largest absolute Gasteiger partial charge is 0.381 e. The molecule has 1 saturated heterocycles. The normalized spacial score (nSPS) is 16.5. The molecule has 0 saturated carbocycles. The lowest BCUT2D eigenvalue weighted by molar-refractivity contribution is 0.0351. The SMILES string of the molecule is CCS(=O)(=O)Nc1ccc(C(=O)N2CCC(OC)CC2)cc1. The van der Waals surface area contributed by atoms with Gasteiger partial charge in [-0.1, -0.05) is 0 Å². The summed E-state index contributed by atoms with van der Waals surface area (Å²) in [4.78, 5) is 14.2. The number of nitrogens with zero attached hydrogens (tertiary/aromatic N) is 1. The van der Waals surface area contributed by atoms with Crippen molar-refractivity contribution in [3.63, 3.8) is 0 Å². The molecule has 7 heteroatoms. The van der Waals surface area contributed by atoms with E-state index in [2.05, 4.69) is 4.72 Å². The van der Waals surface area contributed by atoms with Gasteiger partial charge in [0.15, 0.2) is 0 Å². The highest BCUT2D eigenvalue weighted by Crippen LogP contribution is 2.17. The monoisotopic (exact) mass is 326 g/mol. The Labute approximate surface area is 131 Å². The fourth-order valence-electron chi connectivity index (χ4n) is 2.41. The van der Waals surface area contributed by atoms with Crippen molar-refractivity contribution < 1.29 is 17.9 Å². The second kappa shape index (κ2) is 7.11. The molecule has 0 aromatic heterocycles. The number of ether oxygens (including phenoxy) is 1. The quantitative estimate of drug-likeness (QED) is 0.893. The van der Waals surface area contributed by atoms with Gasteiger partial charge in [0.25, 0.3) is 5.91 Å². The zero-order valence-electron chi connectivity index (χ0n) is 12.9. The minimum Gasteiger partial charge on any atom is -0.381 e. The van der Waals surface area contributed by atoms with Crippen LogP contribution in [0.25, 0.3) is 0 Å². The van der Waals surface area contributed by atoms with Gasteiger partial charge in [0, 0.05) is 31.5 Å². The van der Waals surface area contributed by atoms with Crippen molar-refractivity contribution in [1.29, 1.82) is 0 Å². The second-order valence-corrected chi connectivity index (χ2v) is 7.32. The zero-order chi connectivity index (χ0) is 16.2. The van der Waals surface area contributed by atoms with Crippen LogP contribution in [0.2, 0.25) is 0 Å². The summed E-state index contributed by atoms with van der Waals surface area (Å²) in [6.45, 7) is 2.94. The fraction of sp³-hybridized carbons (Fsp3) is 0.533. The van der Waals surface area contributed by atoms with Crippen molar-refractivity contribution in [1.82, 2.24) is 4.90 Å². The minimum absolute atomic E-state index is 0.0160. The predicted octanol–water partition coefficient (Wildman–Crippen LogP) is 1.70. The average molecular weight is 326 g/mol. The van der Waals surface area contributed by atoms with Gasteiger partial charge in [0.05, 0.1) is 11.9 Å². The molecule has 1 aliphatic heterocycles. The van der Waals surface area contributed by atoms with Gasteiger partial charge in [-0.25, -0.2) is 8.42 Å². The molecule has 1 N–H and O–H groups in total. The molecule has 2 rings (SSSR count). The van der Waals surface area contributed by atoms with Crippen molar-refractivity contribution >= 4 is 21.6 Å². The summed E-state index contributed by atoms with van der Waals surface area (Å²) in [5.41, 5.74) is 1.03. The van der Waals surface area contributed by atoms with Crippen LogP contribution >= 0.6 is 0 Å². The Morgan fingerprint density at radius 2 is 1.86 bits per heavy atom. The minimum atomic E-state index is -3.29. The maximum absolute atomic E-state index is 12.4. The van der Waals surface area contributed by atoms with E-state index in [1.54, 1.807) is 43.2 Å². The molecule has 1 aromatic rings. The first-order chi connectivity index (χ1) is 10.4. The lowest BCUT2D eigenvalue weighted by Crippen LogP contribution is -2.40. The average Bonchev–Trinajstić information content (AvgIpc) is 2.55. The number of hydrogen-bond acceptors (Lipinski definition) is 4. The van der Waals surface area contributed by atoms with Crippen LogP contribution in [0.1, 0.15) is 30.1 Å². The van der Waals surface area contributed by atoms with E-state index in [9.17, 15) is 13.2 Å². The molecular weight excluding hydrogens is 304 g/mol. The van der Waals surface area contributed by atoms with Crippen LogP contribution < -0.4 is 4.72 Å². The number of nitrogens with one attached hydrogen (secondary N) is 1. The van der Waals surface area contributed by atoms with Gasteiger partial charge in [-0.15, -0.1) is 0 Å². The molecule has 1 fully saturated rings. The number of hydrogen-bond donors (Lipinski definition) is 1. The molecule has 6 nitrogen and oxygen atoms in total. The van der Waals surface area contributed by atoms with Gasteiger partial charge in [-0.2, -0.15) is 0 Å². The molecule has 0 aliphatic carbocycles. The molecular formula is C15H22N2O4S. The van der Waals surface area contributed by atoms with E-state index in [0.29, 0.717) is 24.3 Å². The third-order valence-electron chi connectivity index (χ3n) is 3.85. The maximum atomic E-state index is 12.4. The summed E-state index contributed by atoms with van der Waals surface area (Å²) in [5.74, 6) is -0.0123. The molecule has 122 valence electrons. The predicted molar refractivity (Wildman–Crippen MR) is 85.5 cm³/mol. The number of amides is 1. The lowest BCUT2D eigenvalue weighted by atomic mass is 10.1. The number of methoxy groups -OCH3 is 1. The third kappa shape index (κ3) is 4.20. The number of anilines is 1. The Kier molecular flexibility index (Phi) is 5.42. The molecule has 22 heavy (non-hydrogen) atoms. The van der Waals surface area contributed by atoms with E-state index in [1.165, 1.54) is 0 Å². The number of carbonyl (C=O) groups is 1. The Morgan fingerprint density at radius 3 is 2.36 bits per heavy atom. The van der Waals surface area contributed by atoms with Crippen molar-refractivity contribution in [3.05, 3.63) is 29.8 Å². The van der Waals surface area contributed by atoms with Gasteiger partial charge >= 0.3 is 0 Å². The Hall–Kier alpha value is -1.60. The van der Waals surface area contributed by atoms with Crippen LogP contribution in [-0.2, 0) is 14.8 Å². The zero-order valence-corrected chi connectivity index (χ0v) is 13.7. The van der Waals surface area contributed by atoms with Gasteiger partial charge in [-0.3, -0.25) is 9.52 Å².